The summed E-state index contributed by atoms with van der Waals surface area (Å²) in [7, 11) is 2.69. The number of hydrogen-bond donors (Lipinski definition) is 1. The van der Waals surface area contributed by atoms with Gasteiger partial charge in [0, 0.05) is 12.4 Å². The number of benzene rings is 1. The third kappa shape index (κ3) is 2.51. The molecule has 1 aromatic heterocycles. The molecule has 7 nitrogen and oxygen atoms in total. The van der Waals surface area contributed by atoms with Crippen LogP contribution in [0.3, 0.4) is 0 Å². The number of carbonyl (C=O) groups is 2. The van der Waals surface area contributed by atoms with E-state index in [-0.39, 0.29) is 17.8 Å². The lowest BCUT2D eigenvalue weighted by Gasteiger charge is -2.08. The number of aryl methyl sites for hydroxylation is 1. The van der Waals surface area contributed by atoms with Gasteiger partial charge in [0.05, 0.1) is 12.5 Å². The minimum Gasteiger partial charge on any atom is -0.468 e. The Hall–Kier alpha value is -2.70. The van der Waals surface area contributed by atoms with Crippen LogP contribution >= 0.6 is 0 Å². The standard InChI is InChI=1S/C13H13N3O4/c1-16-13(19)9-6-4-3-5-8(9)11(15-16)12(18)14-7-10(17)20-2/h3-6H,7H2,1-2H3,(H,14,18). The second kappa shape index (κ2) is 5.52. The van der Waals surface area contributed by atoms with Gasteiger partial charge in [0.15, 0.2) is 5.69 Å². The summed E-state index contributed by atoms with van der Waals surface area (Å²) in [5.41, 5.74) is -0.197. The lowest BCUT2D eigenvalue weighted by atomic mass is 10.1. The van der Waals surface area contributed by atoms with Crippen LogP contribution in [-0.2, 0) is 16.6 Å². The molecule has 1 heterocycles. The molecule has 1 amide bonds. The summed E-state index contributed by atoms with van der Waals surface area (Å²) in [6, 6.07) is 6.67. The van der Waals surface area contributed by atoms with E-state index in [0.29, 0.717) is 10.8 Å². The van der Waals surface area contributed by atoms with Crippen LogP contribution in [-0.4, -0.2) is 35.3 Å². The molecular formula is C13H13N3O4. The molecule has 104 valence electrons. The van der Waals surface area contributed by atoms with Crippen LogP contribution in [0.1, 0.15) is 10.5 Å². The maximum Gasteiger partial charge on any atom is 0.325 e. The molecule has 0 atom stereocenters. The van der Waals surface area contributed by atoms with E-state index in [9.17, 15) is 14.4 Å². The van der Waals surface area contributed by atoms with Gasteiger partial charge < -0.3 is 10.1 Å². The first-order chi connectivity index (χ1) is 9.54. The Morgan fingerprint density at radius 3 is 2.60 bits per heavy atom. The minimum atomic E-state index is -0.563. The molecule has 1 N–H and O–H groups in total. The van der Waals surface area contributed by atoms with Crippen molar-refractivity contribution >= 4 is 22.6 Å². The van der Waals surface area contributed by atoms with Crippen LogP contribution < -0.4 is 10.9 Å². The second-order valence-electron chi connectivity index (χ2n) is 4.08. The monoisotopic (exact) mass is 275 g/mol. The van der Waals surface area contributed by atoms with Gasteiger partial charge in [0.2, 0.25) is 0 Å². The molecule has 0 unspecified atom stereocenters. The first kappa shape index (κ1) is 13.7. The summed E-state index contributed by atoms with van der Waals surface area (Å²) in [4.78, 5) is 35.0. The number of ether oxygens (including phenoxy) is 1. The second-order valence-corrected chi connectivity index (χ2v) is 4.08. The molecule has 0 spiro atoms. The maximum absolute atomic E-state index is 12.0. The van der Waals surface area contributed by atoms with Crippen molar-refractivity contribution in [1.29, 1.82) is 0 Å². The number of carbonyl (C=O) groups excluding carboxylic acids is 2. The van der Waals surface area contributed by atoms with E-state index in [0.717, 1.165) is 4.68 Å². The molecule has 0 aliphatic rings. The summed E-state index contributed by atoms with van der Waals surface area (Å²) in [5, 5.41) is 7.18. The molecule has 0 saturated heterocycles. The van der Waals surface area contributed by atoms with Crippen molar-refractivity contribution in [3.05, 3.63) is 40.3 Å². The van der Waals surface area contributed by atoms with Gasteiger partial charge in [-0.25, -0.2) is 4.68 Å². The number of aromatic nitrogens is 2. The fourth-order valence-corrected chi connectivity index (χ4v) is 1.78. The van der Waals surface area contributed by atoms with Gasteiger partial charge in [-0.3, -0.25) is 14.4 Å². The largest absolute Gasteiger partial charge is 0.468 e. The molecule has 2 aromatic rings. The average Bonchev–Trinajstić information content (AvgIpc) is 2.48. The van der Waals surface area contributed by atoms with E-state index in [1.54, 1.807) is 24.3 Å². The van der Waals surface area contributed by atoms with Crippen molar-refractivity contribution in [3.63, 3.8) is 0 Å². The molecular weight excluding hydrogens is 262 g/mol. The number of esters is 1. The van der Waals surface area contributed by atoms with Crippen LogP contribution in [0.5, 0.6) is 0 Å². The fourth-order valence-electron chi connectivity index (χ4n) is 1.78. The lowest BCUT2D eigenvalue weighted by Crippen LogP contribution is -2.33. The van der Waals surface area contributed by atoms with Gasteiger partial charge in [-0.1, -0.05) is 18.2 Å². The van der Waals surface area contributed by atoms with Crippen LogP contribution in [0.15, 0.2) is 29.1 Å². The molecule has 2 rings (SSSR count). The summed E-state index contributed by atoms with van der Waals surface area (Å²) in [5.74, 6) is -1.10. The van der Waals surface area contributed by atoms with Crippen molar-refractivity contribution in [1.82, 2.24) is 15.1 Å². The van der Waals surface area contributed by atoms with E-state index in [1.165, 1.54) is 14.2 Å². The van der Waals surface area contributed by atoms with Crippen LogP contribution in [0.4, 0.5) is 0 Å². The smallest absolute Gasteiger partial charge is 0.325 e. The number of nitrogens with one attached hydrogen (secondary N) is 1. The third-order valence-electron chi connectivity index (χ3n) is 2.79. The van der Waals surface area contributed by atoms with Crippen LogP contribution in [0.25, 0.3) is 10.8 Å². The number of rotatable bonds is 3. The number of amides is 1. The van der Waals surface area contributed by atoms with Gasteiger partial charge in [-0.15, -0.1) is 0 Å². The highest BCUT2D eigenvalue weighted by Gasteiger charge is 2.16. The average molecular weight is 275 g/mol. The molecule has 1 aromatic carbocycles. The molecule has 7 heteroatoms. The number of hydrogen-bond acceptors (Lipinski definition) is 5. The quantitative estimate of drug-likeness (QED) is 0.786. The van der Waals surface area contributed by atoms with E-state index in [4.69, 9.17) is 0 Å². The van der Waals surface area contributed by atoms with Crippen LogP contribution in [0.2, 0.25) is 0 Å². The number of fused-ring (bicyclic) bond motifs is 1. The molecule has 20 heavy (non-hydrogen) atoms. The Labute approximate surface area is 114 Å². The molecule has 0 aliphatic heterocycles. The Morgan fingerprint density at radius 1 is 1.30 bits per heavy atom. The fraction of sp³-hybridized carbons (Fsp3) is 0.231. The van der Waals surface area contributed by atoms with Gasteiger partial charge in [0.25, 0.3) is 11.5 Å². The molecule has 0 bridgehead atoms. The molecule has 0 saturated carbocycles. The lowest BCUT2D eigenvalue weighted by molar-refractivity contribution is -0.139. The maximum atomic E-state index is 12.0. The molecule has 0 aliphatic carbocycles. The number of methoxy groups -OCH3 is 1. The van der Waals surface area contributed by atoms with E-state index >= 15 is 0 Å². The Bertz CT molecular complexity index is 736. The Morgan fingerprint density at radius 2 is 1.95 bits per heavy atom. The van der Waals surface area contributed by atoms with E-state index < -0.39 is 11.9 Å². The predicted molar refractivity (Wildman–Crippen MR) is 71.3 cm³/mol. The van der Waals surface area contributed by atoms with Gasteiger partial charge >= 0.3 is 5.97 Å². The summed E-state index contributed by atoms with van der Waals surface area (Å²) >= 11 is 0. The highest BCUT2D eigenvalue weighted by molar-refractivity contribution is 6.05. The van der Waals surface area contributed by atoms with Crippen molar-refractivity contribution < 1.29 is 14.3 Å². The van der Waals surface area contributed by atoms with Crippen molar-refractivity contribution in [2.45, 2.75) is 0 Å². The van der Waals surface area contributed by atoms with Crippen molar-refractivity contribution in [2.75, 3.05) is 13.7 Å². The summed E-state index contributed by atoms with van der Waals surface area (Å²) in [6.07, 6.45) is 0. The van der Waals surface area contributed by atoms with Gasteiger partial charge in [-0.2, -0.15) is 5.10 Å². The van der Waals surface area contributed by atoms with Gasteiger partial charge in [-0.05, 0) is 6.07 Å². The van der Waals surface area contributed by atoms with Crippen molar-refractivity contribution in [3.8, 4) is 0 Å². The van der Waals surface area contributed by atoms with Gasteiger partial charge in [0.1, 0.15) is 6.54 Å². The first-order valence-corrected chi connectivity index (χ1v) is 5.85. The summed E-state index contributed by atoms with van der Waals surface area (Å²) in [6.45, 7) is -0.256. The van der Waals surface area contributed by atoms with E-state index in [2.05, 4.69) is 15.2 Å². The van der Waals surface area contributed by atoms with E-state index in [1.807, 2.05) is 0 Å². The highest BCUT2D eigenvalue weighted by atomic mass is 16.5. The number of nitrogens with zero attached hydrogens (tertiary/aromatic N) is 2. The first-order valence-electron chi connectivity index (χ1n) is 5.85. The molecule has 0 radical (unpaired) electrons. The third-order valence-corrected chi connectivity index (χ3v) is 2.79. The zero-order valence-electron chi connectivity index (χ0n) is 11.0. The zero-order valence-corrected chi connectivity index (χ0v) is 11.0. The Kier molecular flexibility index (Phi) is 3.79. The highest BCUT2D eigenvalue weighted by Crippen LogP contribution is 2.12. The minimum absolute atomic E-state index is 0.0894. The normalized spacial score (nSPS) is 10.3. The van der Waals surface area contributed by atoms with Crippen LogP contribution in [0, 0.1) is 0 Å². The SMILES string of the molecule is COC(=O)CNC(=O)c1nn(C)c(=O)c2ccccc12. The topological polar surface area (TPSA) is 90.3 Å². The predicted octanol–water partition coefficient (Wildman–Crippen LogP) is -0.164. The molecule has 0 fully saturated rings. The zero-order chi connectivity index (χ0) is 14.7. The summed E-state index contributed by atoms with van der Waals surface area (Å²) < 4.78 is 5.53. The van der Waals surface area contributed by atoms with Crippen molar-refractivity contribution in [2.24, 2.45) is 7.05 Å². The Balaban J connectivity index is 2.44.